The number of rotatable bonds is 3. The highest BCUT2D eigenvalue weighted by Crippen LogP contribution is 2.31. The van der Waals surface area contributed by atoms with Crippen LogP contribution in [-0.4, -0.2) is 56.5 Å². The lowest BCUT2D eigenvalue weighted by atomic mass is 10.0. The van der Waals surface area contributed by atoms with Gasteiger partial charge in [0.1, 0.15) is 0 Å². The molecular formula is C17H25Cl2N3O2S. The predicted octanol–water partition coefficient (Wildman–Crippen LogP) is 3.18. The molecule has 1 atom stereocenters. The van der Waals surface area contributed by atoms with Crippen LogP contribution < -0.4 is 5.32 Å². The molecule has 1 aliphatic rings. The smallest absolute Gasteiger partial charge is 0.193 e. The maximum Gasteiger partial charge on any atom is 0.193 e. The van der Waals surface area contributed by atoms with Crippen molar-refractivity contribution in [3.05, 3.63) is 33.8 Å². The Hall–Kier alpha value is -0.980. The molecule has 1 heterocycles. The van der Waals surface area contributed by atoms with Gasteiger partial charge < -0.3 is 10.2 Å². The summed E-state index contributed by atoms with van der Waals surface area (Å²) >= 11 is 12.5. The van der Waals surface area contributed by atoms with Gasteiger partial charge in [-0.1, -0.05) is 36.2 Å². The van der Waals surface area contributed by atoms with E-state index in [9.17, 15) is 8.42 Å². The van der Waals surface area contributed by atoms with Crippen molar-refractivity contribution in [1.29, 1.82) is 0 Å². The van der Waals surface area contributed by atoms with Crippen LogP contribution in [0.4, 0.5) is 0 Å². The number of aliphatic imine (C=N–C) groups is 1. The molecular weight excluding hydrogens is 381 g/mol. The van der Waals surface area contributed by atoms with Crippen LogP contribution in [0.15, 0.2) is 23.2 Å². The van der Waals surface area contributed by atoms with Crippen molar-refractivity contribution < 1.29 is 8.42 Å². The molecule has 1 unspecified atom stereocenters. The van der Waals surface area contributed by atoms with E-state index >= 15 is 0 Å². The van der Waals surface area contributed by atoms with Gasteiger partial charge >= 0.3 is 0 Å². The lowest BCUT2D eigenvalue weighted by Crippen LogP contribution is -2.57. The van der Waals surface area contributed by atoms with Crippen molar-refractivity contribution in [3.63, 3.8) is 0 Å². The molecule has 0 spiro atoms. The van der Waals surface area contributed by atoms with Gasteiger partial charge in [-0.05, 0) is 31.5 Å². The first-order chi connectivity index (χ1) is 11.6. The summed E-state index contributed by atoms with van der Waals surface area (Å²) < 4.78 is 23.5. The molecule has 2 rings (SSSR count). The van der Waals surface area contributed by atoms with E-state index in [0.717, 1.165) is 5.56 Å². The second-order valence-corrected chi connectivity index (χ2v) is 10.5. The quantitative estimate of drug-likeness (QED) is 0.619. The van der Waals surface area contributed by atoms with Gasteiger partial charge in [-0.2, -0.15) is 0 Å². The van der Waals surface area contributed by atoms with Crippen molar-refractivity contribution in [2.75, 3.05) is 32.4 Å². The average Bonchev–Trinajstić information content (AvgIpc) is 2.51. The molecule has 0 aliphatic carbocycles. The van der Waals surface area contributed by atoms with Crippen molar-refractivity contribution in [2.45, 2.75) is 31.4 Å². The van der Waals surface area contributed by atoms with E-state index in [0.29, 0.717) is 35.6 Å². The number of nitrogens with one attached hydrogen (secondary N) is 1. The fourth-order valence-electron chi connectivity index (χ4n) is 2.98. The largest absolute Gasteiger partial charge is 0.356 e. The summed E-state index contributed by atoms with van der Waals surface area (Å²) in [4.78, 5) is 6.29. The zero-order valence-corrected chi connectivity index (χ0v) is 17.3. The third-order valence-electron chi connectivity index (χ3n) is 4.61. The van der Waals surface area contributed by atoms with Crippen molar-refractivity contribution in [2.24, 2.45) is 4.99 Å². The highest BCUT2D eigenvalue weighted by atomic mass is 35.5. The summed E-state index contributed by atoms with van der Waals surface area (Å²) in [6, 6.07) is 5.47. The molecule has 1 fully saturated rings. The van der Waals surface area contributed by atoms with E-state index in [1.165, 1.54) is 0 Å². The van der Waals surface area contributed by atoms with Gasteiger partial charge in [-0.25, -0.2) is 8.42 Å². The van der Waals surface area contributed by atoms with E-state index in [1.807, 2.05) is 30.0 Å². The van der Waals surface area contributed by atoms with Crippen molar-refractivity contribution >= 4 is 39.0 Å². The predicted molar refractivity (Wildman–Crippen MR) is 106 cm³/mol. The number of nitrogens with zero attached hydrogens (tertiary/aromatic N) is 2. The fraction of sp³-hybridized carbons (Fsp3) is 0.588. The number of hydrogen-bond donors (Lipinski definition) is 1. The highest BCUT2D eigenvalue weighted by Gasteiger charge is 2.41. The van der Waals surface area contributed by atoms with E-state index in [2.05, 4.69) is 10.3 Å². The summed E-state index contributed by atoms with van der Waals surface area (Å²) in [5, 5.41) is 4.60. The van der Waals surface area contributed by atoms with Crippen LogP contribution in [0.3, 0.4) is 0 Å². The van der Waals surface area contributed by atoms with Crippen LogP contribution in [0.25, 0.3) is 0 Å². The fourth-order valence-corrected chi connectivity index (χ4v) is 5.12. The number of sulfone groups is 1. The maximum atomic E-state index is 12.2. The molecule has 1 aromatic rings. The molecule has 0 saturated carbocycles. The third kappa shape index (κ3) is 4.41. The number of benzene rings is 1. The van der Waals surface area contributed by atoms with Gasteiger partial charge in [0.05, 0.1) is 10.5 Å². The van der Waals surface area contributed by atoms with Crippen LogP contribution in [-0.2, 0) is 9.84 Å². The Labute approximate surface area is 160 Å². The SMILES string of the molecule is CN=C(NCC(C)c1c(Cl)cccc1Cl)N1CCS(=O)(=O)C(C)(C)C1. The van der Waals surface area contributed by atoms with E-state index < -0.39 is 14.6 Å². The lowest BCUT2D eigenvalue weighted by Gasteiger charge is -2.39. The molecule has 8 heteroatoms. The minimum atomic E-state index is -3.08. The Balaban J connectivity index is 2.06. The Bertz CT molecular complexity index is 743. The van der Waals surface area contributed by atoms with E-state index in [4.69, 9.17) is 23.2 Å². The Morgan fingerprint density at radius 1 is 1.36 bits per heavy atom. The number of guanidine groups is 1. The van der Waals surface area contributed by atoms with Gasteiger partial charge in [-0.3, -0.25) is 4.99 Å². The van der Waals surface area contributed by atoms with Gasteiger partial charge in [0.2, 0.25) is 0 Å². The summed E-state index contributed by atoms with van der Waals surface area (Å²) in [6.07, 6.45) is 0. The molecule has 0 aromatic heterocycles. The van der Waals surface area contributed by atoms with Crippen LogP contribution in [0.5, 0.6) is 0 Å². The maximum absolute atomic E-state index is 12.2. The Morgan fingerprint density at radius 2 is 1.96 bits per heavy atom. The lowest BCUT2D eigenvalue weighted by molar-refractivity contribution is 0.352. The first kappa shape index (κ1) is 20.3. The molecule has 25 heavy (non-hydrogen) atoms. The summed E-state index contributed by atoms with van der Waals surface area (Å²) in [7, 11) is -1.38. The molecule has 1 aromatic carbocycles. The molecule has 140 valence electrons. The minimum absolute atomic E-state index is 0.0829. The monoisotopic (exact) mass is 405 g/mol. The second kappa shape index (κ2) is 7.72. The summed E-state index contributed by atoms with van der Waals surface area (Å²) in [5.41, 5.74) is 0.898. The standard InChI is InChI=1S/C17H25Cl2N3O2S/c1-12(15-13(18)6-5-7-14(15)19)10-21-16(20-4)22-8-9-25(23,24)17(2,3)11-22/h5-7,12H,8-11H2,1-4H3,(H,20,21). The Kier molecular flexibility index (Phi) is 6.28. The molecule has 5 nitrogen and oxygen atoms in total. The summed E-state index contributed by atoms with van der Waals surface area (Å²) in [5.74, 6) is 0.907. The molecule has 1 aliphatic heterocycles. The first-order valence-corrected chi connectivity index (χ1v) is 10.6. The highest BCUT2D eigenvalue weighted by molar-refractivity contribution is 7.92. The number of halogens is 2. The van der Waals surface area contributed by atoms with Gasteiger partial charge in [-0.15, -0.1) is 0 Å². The van der Waals surface area contributed by atoms with Crippen LogP contribution in [0.1, 0.15) is 32.3 Å². The van der Waals surface area contributed by atoms with Crippen LogP contribution in [0, 0.1) is 0 Å². The first-order valence-electron chi connectivity index (χ1n) is 8.21. The minimum Gasteiger partial charge on any atom is -0.356 e. The Morgan fingerprint density at radius 3 is 2.48 bits per heavy atom. The molecule has 1 saturated heterocycles. The molecule has 1 N–H and O–H groups in total. The van der Waals surface area contributed by atoms with Gasteiger partial charge in [0.25, 0.3) is 0 Å². The zero-order valence-electron chi connectivity index (χ0n) is 15.0. The van der Waals surface area contributed by atoms with E-state index in [1.54, 1.807) is 20.9 Å². The third-order valence-corrected chi connectivity index (χ3v) is 7.81. The molecule has 0 amide bonds. The van der Waals surface area contributed by atoms with Crippen LogP contribution in [0.2, 0.25) is 10.0 Å². The molecule has 0 bridgehead atoms. The van der Waals surface area contributed by atoms with Gasteiger partial charge in [0.15, 0.2) is 15.8 Å². The van der Waals surface area contributed by atoms with Crippen molar-refractivity contribution in [3.8, 4) is 0 Å². The van der Waals surface area contributed by atoms with Gasteiger partial charge in [0, 0.05) is 42.6 Å². The topological polar surface area (TPSA) is 61.8 Å². The summed E-state index contributed by atoms with van der Waals surface area (Å²) in [6.45, 7) is 7.00. The zero-order chi connectivity index (χ0) is 18.8. The number of hydrogen-bond acceptors (Lipinski definition) is 3. The van der Waals surface area contributed by atoms with E-state index in [-0.39, 0.29) is 11.7 Å². The van der Waals surface area contributed by atoms with Crippen LogP contribution >= 0.6 is 23.2 Å². The van der Waals surface area contributed by atoms with Crippen molar-refractivity contribution in [1.82, 2.24) is 10.2 Å². The average molecular weight is 406 g/mol. The second-order valence-electron chi connectivity index (χ2n) is 6.96. The normalized spacial score (nSPS) is 21.0. The molecule has 0 radical (unpaired) electrons.